The molecule has 0 aliphatic rings. The van der Waals surface area contributed by atoms with E-state index in [4.69, 9.17) is 14.2 Å². The third kappa shape index (κ3) is 5.81. The van der Waals surface area contributed by atoms with Gasteiger partial charge in [0.05, 0.1) is 27.9 Å². The lowest BCUT2D eigenvalue weighted by Gasteiger charge is -2.14. The maximum Gasteiger partial charge on any atom is 0.203 e. The molecule has 0 bridgehead atoms. The molecule has 0 aliphatic carbocycles. The summed E-state index contributed by atoms with van der Waals surface area (Å²) in [7, 11) is 4.81. The van der Waals surface area contributed by atoms with Gasteiger partial charge in [0.2, 0.25) is 5.75 Å². The third-order valence-corrected chi connectivity index (χ3v) is 4.03. The number of hydrogen-bond acceptors (Lipinski definition) is 4. The second kappa shape index (κ2) is 10.3. The zero-order valence-electron chi connectivity index (χ0n) is 16.8. The minimum Gasteiger partial charge on any atom is -0.493 e. The summed E-state index contributed by atoms with van der Waals surface area (Å²) in [4.78, 5) is 4.67. The largest absolute Gasteiger partial charge is 0.493 e. The number of methoxy groups -OCH3 is 3. The number of nitrogens with one attached hydrogen (secondary N) is 2. The van der Waals surface area contributed by atoms with E-state index in [-0.39, 0.29) is 0 Å². The van der Waals surface area contributed by atoms with Crippen molar-refractivity contribution < 1.29 is 14.2 Å². The van der Waals surface area contributed by atoms with Crippen molar-refractivity contribution >= 4 is 5.96 Å². The summed E-state index contributed by atoms with van der Waals surface area (Å²) in [6, 6.07) is 12.2. The Kier molecular flexibility index (Phi) is 7.79. The first-order chi connectivity index (χ1) is 13.1. The van der Waals surface area contributed by atoms with Crippen molar-refractivity contribution in [2.24, 2.45) is 4.99 Å². The summed E-state index contributed by atoms with van der Waals surface area (Å²) >= 11 is 0. The molecule has 0 aromatic heterocycles. The molecule has 0 heterocycles. The van der Waals surface area contributed by atoms with E-state index >= 15 is 0 Å². The first kappa shape index (κ1) is 20.4. The van der Waals surface area contributed by atoms with Crippen LogP contribution < -0.4 is 24.8 Å². The Morgan fingerprint density at radius 3 is 2.19 bits per heavy atom. The van der Waals surface area contributed by atoms with Gasteiger partial charge in [-0.25, -0.2) is 4.99 Å². The summed E-state index contributed by atoms with van der Waals surface area (Å²) in [5.74, 6) is 2.59. The molecule has 6 nitrogen and oxygen atoms in total. The number of aliphatic imine (C=N–C) groups is 1. The number of ether oxygens (including phenoxy) is 3. The van der Waals surface area contributed by atoms with Gasteiger partial charge in [-0.3, -0.25) is 0 Å². The monoisotopic (exact) mass is 371 g/mol. The third-order valence-electron chi connectivity index (χ3n) is 4.03. The van der Waals surface area contributed by atoms with E-state index in [1.54, 1.807) is 21.3 Å². The molecule has 0 saturated heterocycles. The Balaban J connectivity index is 2.13. The standard InChI is InChI=1S/C21H29N3O3/c1-6-22-21(23-13-16-9-7-8-15(2)10-16)24-14-17-11-18(25-3)20(27-5)19(12-17)26-4/h7-12H,6,13-14H2,1-5H3,(H2,22,23,24). The van der Waals surface area contributed by atoms with Crippen LogP contribution >= 0.6 is 0 Å². The normalized spacial score (nSPS) is 11.1. The summed E-state index contributed by atoms with van der Waals surface area (Å²) in [6.07, 6.45) is 0. The molecule has 146 valence electrons. The van der Waals surface area contributed by atoms with Crippen LogP contribution in [-0.2, 0) is 13.1 Å². The molecule has 2 aromatic rings. The van der Waals surface area contributed by atoms with E-state index in [2.05, 4.69) is 46.8 Å². The van der Waals surface area contributed by atoms with Crippen LogP contribution in [0.2, 0.25) is 0 Å². The van der Waals surface area contributed by atoms with Crippen molar-refractivity contribution in [3.63, 3.8) is 0 Å². The van der Waals surface area contributed by atoms with Crippen LogP contribution in [0.4, 0.5) is 0 Å². The molecule has 0 atom stereocenters. The first-order valence-corrected chi connectivity index (χ1v) is 8.97. The average molecular weight is 371 g/mol. The van der Waals surface area contributed by atoms with Gasteiger partial charge in [-0.15, -0.1) is 0 Å². The molecular weight excluding hydrogens is 342 g/mol. The van der Waals surface area contributed by atoms with Crippen molar-refractivity contribution in [1.29, 1.82) is 0 Å². The highest BCUT2D eigenvalue weighted by Crippen LogP contribution is 2.38. The van der Waals surface area contributed by atoms with Gasteiger partial charge in [-0.05, 0) is 37.1 Å². The Morgan fingerprint density at radius 1 is 0.926 bits per heavy atom. The van der Waals surface area contributed by atoms with E-state index in [9.17, 15) is 0 Å². The van der Waals surface area contributed by atoms with E-state index in [1.165, 1.54) is 11.1 Å². The smallest absolute Gasteiger partial charge is 0.203 e. The van der Waals surface area contributed by atoms with E-state index in [1.807, 2.05) is 19.1 Å². The summed E-state index contributed by atoms with van der Waals surface area (Å²) in [5, 5.41) is 6.64. The molecule has 2 N–H and O–H groups in total. The minimum atomic E-state index is 0.486. The molecule has 27 heavy (non-hydrogen) atoms. The topological polar surface area (TPSA) is 64.1 Å². The first-order valence-electron chi connectivity index (χ1n) is 8.97. The predicted octanol–water partition coefficient (Wildman–Crippen LogP) is 3.28. The molecule has 2 aromatic carbocycles. The molecule has 2 rings (SSSR count). The van der Waals surface area contributed by atoms with E-state index in [0.29, 0.717) is 30.3 Å². The highest BCUT2D eigenvalue weighted by atomic mass is 16.5. The SMILES string of the molecule is CCNC(=NCc1cc(OC)c(OC)c(OC)c1)NCc1cccc(C)c1. The van der Waals surface area contributed by atoms with E-state index < -0.39 is 0 Å². The number of hydrogen-bond donors (Lipinski definition) is 2. The van der Waals surface area contributed by atoms with Crippen molar-refractivity contribution in [1.82, 2.24) is 10.6 Å². The van der Waals surface area contributed by atoms with Gasteiger partial charge in [-0.1, -0.05) is 29.8 Å². The Hall–Kier alpha value is -2.89. The van der Waals surface area contributed by atoms with Crippen molar-refractivity contribution in [3.8, 4) is 17.2 Å². The second-order valence-corrected chi connectivity index (χ2v) is 6.07. The van der Waals surface area contributed by atoms with Crippen LogP contribution in [0.25, 0.3) is 0 Å². The minimum absolute atomic E-state index is 0.486. The van der Waals surface area contributed by atoms with Crippen LogP contribution in [0.5, 0.6) is 17.2 Å². The fraction of sp³-hybridized carbons (Fsp3) is 0.381. The fourth-order valence-corrected chi connectivity index (χ4v) is 2.75. The van der Waals surface area contributed by atoms with E-state index in [0.717, 1.165) is 18.1 Å². The van der Waals surface area contributed by atoms with Crippen LogP contribution in [0.15, 0.2) is 41.4 Å². The Labute approximate surface area is 161 Å². The van der Waals surface area contributed by atoms with Crippen molar-refractivity contribution in [2.75, 3.05) is 27.9 Å². The molecule has 0 radical (unpaired) electrons. The van der Waals surface area contributed by atoms with Crippen LogP contribution in [-0.4, -0.2) is 33.8 Å². The van der Waals surface area contributed by atoms with Crippen LogP contribution in [0.1, 0.15) is 23.6 Å². The second-order valence-electron chi connectivity index (χ2n) is 6.07. The summed E-state index contributed by atoms with van der Waals surface area (Å²) < 4.78 is 16.2. The molecule has 0 aliphatic heterocycles. The predicted molar refractivity (Wildman–Crippen MR) is 109 cm³/mol. The van der Waals surface area contributed by atoms with Gasteiger partial charge in [0, 0.05) is 13.1 Å². The molecular formula is C21H29N3O3. The molecule has 6 heteroatoms. The molecule has 0 spiro atoms. The summed E-state index contributed by atoms with van der Waals surface area (Å²) in [5.41, 5.74) is 3.43. The van der Waals surface area contributed by atoms with Crippen molar-refractivity contribution in [3.05, 3.63) is 53.1 Å². The Bertz CT molecular complexity index is 750. The average Bonchev–Trinajstić information content (AvgIpc) is 2.69. The number of aryl methyl sites for hydroxylation is 1. The highest BCUT2D eigenvalue weighted by molar-refractivity contribution is 5.79. The van der Waals surface area contributed by atoms with Gasteiger partial charge in [0.1, 0.15) is 0 Å². The van der Waals surface area contributed by atoms with Crippen LogP contribution in [0, 0.1) is 6.92 Å². The van der Waals surface area contributed by atoms with Gasteiger partial charge in [-0.2, -0.15) is 0 Å². The Morgan fingerprint density at radius 2 is 1.63 bits per heavy atom. The molecule has 0 unspecified atom stereocenters. The van der Waals surface area contributed by atoms with Crippen LogP contribution in [0.3, 0.4) is 0 Å². The van der Waals surface area contributed by atoms with Gasteiger partial charge >= 0.3 is 0 Å². The van der Waals surface area contributed by atoms with Crippen molar-refractivity contribution in [2.45, 2.75) is 26.9 Å². The summed E-state index contributed by atoms with van der Waals surface area (Å²) in [6.45, 7) is 6.12. The van der Waals surface area contributed by atoms with Gasteiger partial charge in [0.25, 0.3) is 0 Å². The fourth-order valence-electron chi connectivity index (χ4n) is 2.75. The highest BCUT2D eigenvalue weighted by Gasteiger charge is 2.13. The molecule has 0 fully saturated rings. The number of rotatable bonds is 8. The molecule has 0 amide bonds. The van der Waals surface area contributed by atoms with Gasteiger partial charge in [0.15, 0.2) is 17.5 Å². The number of benzene rings is 2. The zero-order chi connectivity index (χ0) is 19.6. The molecule has 0 saturated carbocycles. The lowest BCUT2D eigenvalue weighted by Crippen LogP contribution is -2.36. The number of nitrogens with zero attached hydrogens (tertiary/aromatic N) is 1. The lowest BCUT2D eigenvalue weighted by atomic mass is 10.1. The maximum absolute atomic E-state index is 5.41. The quantitative estimate of drug-likeness (QED) is 0.551. The zero-order valence-corrected chi connectivity index (χ0v) is 16.8. The lowest BCUT2D eigenvalue weighted by molar-refractivity contribution is 0.324. The maximum atomic E-state index is 5.41. The number of guanidine groups is 1. The van der Waals surface area contributed by atoms with Gasteiger partial charge < -0.3 is 24.8 Å².